The number of nitrogens with one attached hydrogen (secondary N) is 1. The van der Waals surface area contributed by atoms with Crippen molar-refractivity contribution < 1.29 is 0 Å². The predicted molar refractivity (Wildman–Crippen MR) is 88.0 cm³/mol. The molecule has 2 nitrogen and oxygen atoms in total. The Morgan fingerprint density at radius 2 is 1.76 bits per heavy atom. The Balaban J connectivity index is 1.73. The third-order valence-corrected chi connectivity index (χ3v) is 4.31. The average molecular weight is 274 g/mol. The number of nitrogens with zero attached hydrogens (tertiary/aromatic N) is 1. The number of para-hydroxylation sites is 1. The summed E-state index contributed by atoms with van der Waals surface area (Å²) in [6, 6.07) is 15.2. The third-order valence-electron chi connectivity index (χ3n) is 4.31. The monoisotopic (exact) mass is 274 g/mol. The van der Waals surface area contributed by atoms with Gasteiger partial charge in [0, 0.05) is 5.56 Å². The summed E-state index contributed by atoms with van der Waals surface area (Å²) in [4.78, 5) is 7.61. The molecule has 0 fully saturated rings. The normalized spacial score (nSPS) is 15.1. The standard InChI is InChI=1S/C19H18N2/c1-2-5-14(6-3-1)15-9-11-16(12-10-15)17-7-4-8-18-19(17)21-13-20-18/h4-5,7-13H,1-3,6H2,(H,20,21). The van der Waals surface area contributed by atoms with Crippen molar-refractivity contribution in [3.8, 4) is 11.1 Å². The molecule has 0 radical (unpaired) electrons. The van der Waals surface area contributed by atoms with Crippen LogP contribution < -0.4 is 0 Å². The van der Waals surface area contributed by atoms with E-state index >= 15 is 0 Å². The van der Waals surface area contributed by atoms with Crippen LogP contribution in [-0.4, -0.2) is 9.97 Å². The molecule has 1 aliphatic carbocycles. The van der Waals surface area contributed by atoms with Gasteiger partial charge in [0.15, 0.2) is 0 Å². The highest BCUT2D eigenvalue weighted by molar-refractivity contribution is 5.91. The molecule has 0 unspecified atom stereocenters. The Bertz CT molecular complexity index is 794. The lowest BCUT2D eigenvalue weighted by molar-refractivity contribution is 0.742. The molecule has 0 bridgehead atoms. The molecule has 1 aromatic heterocycles. The van der Waals surface area contributed by atoms with Crippen LogP contribution >= 0.6 is 0 Å². The fourth-order valence-corrected chi connectivity index (χ4v) is 3.16. The Kier molecular flexibility index (Phi) is 3.07. The van der Waals surface area contributed by atoms with Gasteiger partial charge in [0.25, 0.3) is 0 Å². The second-order valence-corrected chi connectivity index (χ2v) is 5.66. The molecular weight excluding hydrogens is 256 g/mol. The van der Waals surface area contributed by atoms with Crippen LogP contribution in [0.4, 0.5) is 0 Å². The molecular formula is C19H18N2. The van der Waals surface area contributed by atoms with Crippen LogP contribution in [0.2, 0.25) is 0 Å². The van der Waals surface area contributed by atoms with Crippen molar-refractivity contribution in [3.05, 3.63) is 60.4 Å². The van der Waals surface area contributed by atoms with Gasteiger partial charge in [-0.3, -0.25) is 0 Å². The molecule has 1 N–H and O–H groups in total. The van der Waals surface area contributed by atoms with Gasteiger partial charge < -0.3 is 4.98 Å². The molecule has 0 saturated carbocycles. The smallest absolute Gasteiger partial charge is 0.0960 e. The Hall–Kier alpha value is -2.35. The zero-order valence-corrected chi connectivity index (χ0v) is 12.0. The Labute approximate surface area is 124 Å². The van der Waals surface area contributed by atoms with Crippen LogP contribution in [-0.2, 0) is 0 Å². The van der Waals surface area contributed by atoms with E-state index in [0.29, 0.717) is 0 Å². The minimum Gasteiger partial charge on any atom is -0.345 e. The second kappa shape index (κ2) is 5.21. The predicted octanol–water partition coefficient (Wildman–Crippen LogP) is 5.19. The number of hydrogen-bond donors (Lipinski definition) is 1. The zero-order valence-electron chi connectivity index (χ0n) is 12.0. The highest BCUT2D eigenvalue weighted by Crippen LogP contribution is 2.30. The van der Waals surface area contributed by atoms with Gasteiger partial charge in [-0.15, -0.1) is 0 Å². The molecule has 4 rings (SSSR count). The summed E-state index contributed by atoms with van der Waals surface area (Å²) in [6.07, 6.45) is 9.25. The summed E-state index contributed by atoms with van der Waals surface area (Å²) in [5.74, 6) is 0. The Morgan fingerprint density at radius 1 is 0.905 bits per heavy atom. The van der Waals surface area contributed by atoms with Crippen molar-refractivity contribution in [2.24, 2.45) is 0 Å². The zero-order chi connectivity index (χ0) is 14.1. The van der Waals surface area contributed by atoms with Crippen molar-refractivity contribution in [1.29, 1.82) is 0 Å². The fourth-order valence-electron chi connectivity index (χ4n) is 3.16. The van der Waals surface area contributed by atoms with Gasteiger partial charge in [-0.1, -0.05) is 42.5 Å². The lowest BCUT2D eigenvalue weighted by atomic mass is 9.92. The maximum Gasteiger partial charge on any atom is 0.0960 e. The lowest BCUT2D eigenvalue weighted by Crippen LogP contribution is -1.91. The maximum absolute atomic E-state index is 4.44. The van der Waals surface area contributed by atoms with Gasteiger partial charge in [-0.25, -0.2) is 4.98 Å². The lowest BCUT2D eigenvalue weighted by Gasteiger charge is -2.13. The number of aromatic amines is 1. The maximum atomic E-state index is 4.44. The van der Waals surface area contributed by atoms with Crippen LogP contribution in [0.5, 0.6) is 0 Å². The Morgan fingerprint density at radius 3 is 2.57 bits per heavy atom. The van der Waals surface area contributed by atoms with Crippen LogP contribution in [0.25, 0.3) is 27.7 Å². The third kappa shape index (κ3) is 2.27. The number of benzene rings is 2. The molecule has 1 heterocycles. The number of fused-ring (bicyclic) bond motifs is 1. The van der Waals surface area contributed by atoms with Gasteiger partial charge in [0.2, 0.25) is 0 Å². The van der Waals surface area contributed by atoms with E-state index in [0.717, 1.165) is 11.0 Å². The molecule has 0 atom stereocenters. The van der Waals surface area contributed by atoms with Crippen molar-refractivity contribution in [2.45, 2.75) is 25.7 Å². The van der Waals surface area contributed by atoms with Crippen LogP contribution in [0.3, 0.4) is 0 Å². The summed E-state index contributed by atoms with van der Waals surface area (Å²) < 4.78 is 0. The molecule has 21 heavy (non-hydrogen) atoms. The van der Waals surface area contributed by atoms with E-state index in [2.05, 4.69) is 58.5 Å². The van der Waals surface area contributed by atoms with E-state index in [1.807, 2.05) is 0 Å². The first-order chi connectivity index (χ1) is 10.4. The summed E-state index contributed by atoms with van der Waals surface area (Å²) in [5, 5.41) is 0. The summed E-state index contributed by atoms with van der Waals surface area (Å²) in [7, 11) is 0. The highest BCUT2D eigenvalue weighted by Gasteiger charge is 2.08. The number of imidazole rings is 1. The largest absolute Gasteiger partial charge is 0.345 e. The van der Waals surface area contributed by atoms with Gasteiger partial charge >= 0.3 is 0 Å². The van der Waals surface area contributed by atoms with Gasteiger partial charge in [-0.05, 0) is 48.4 Å². The molecule has 104 valence electrons. The number of aromatic nitrogens is 2. The van der Waals surface area contributed by atoms with Gasteiger partial charge in [0.05, 0.1) is 17.4 Å². The summed E-state index contributed by atoms with van der Waals surface area (Å²) in [5.41, 5.74) is 7.43. The van der Waals surface area contributed by atoms with Crippen LogP contribution in [0, 0.1) is 0 Å². The number of hydrogen-bond acceptors (Lipinski definition) is 1. The summed E-state index contributed by atoms with van der Waals surface area (Å²) in [6.45, 7) is 0. The molecule has 0 aliphatic heterocycles. The number of allylic oxidation sites excluding steroid dienone is 2. The van der Waals surface area contributed by atoms with E-state index in [9.17, 15) is 0 Å². The van der Waals surface area contributed by atoms with Crippen molar-refractivity contribution >= 4 is 16.6 Å². The quantitative estimate of drug-likeness (QED) is 0.684. The highest BCUT2D eigenvalue weighted by atomic mass is 14.9. The molecule has 2 aromatic carbocycles. The van der Waals surface area contributed by atoms with E-state index < -0.39 is 0 Å². The second-order valence-electron chi connectivity index (χ2n) is 5.66. The topological polar surface area (TPSA) is 28.7 Å². The first-order valence-corrected chi connectivity index (χ1v) is 7.64. The minimum absolute atomic E-state index is 1.04. The molecule has 0 amide bonds. The molecule has 2 heteroatoms. The summed E-state index contributed by atoms with van der Waals surface area (Å²) >= 11 is 0. The van der Waals surface area contributed by atoms with Crippen LogP contribution in [0.1, 0.15) is 31.2 Å². The number of rotatable bonds is 2. The van der Waals surface area contributed by atoms with Crippen molar-refractivity contribution in [1.82, 2.24) is 9.97 Å². The van der Waals surface area contributed by atoms with E-state index in [4.69, 9.17) is 0 Å². The minimum atomic E-state index is 1.04. The van der Waals surface area contributed by atoms with Crippen LogP contribution in [0.15, 0.2) is 54.9 Å². The van der Waals surface area contributed by atoms with E-state index in [1.165, 1.54) is 47.9 Å². The SMILES string of the molecule is C1=C(c2ccc(-c3cccc4[nH]cnc34)cc2)CCCC1. The van der Waals surface area contributed by atoms with E-state index in [1.54, 1.807) is 6.33 Å². The average Bonchev–Trinajstić information content (AvgIpc) is 3.04. The fraction of sp³-hybridized carbons (Fsp3) is 0.211. The van der Waals surface area contributed by atoms with Gasteiger partial charge in [0.1, 0.15) is 0 Å². The number of H-pyrrole nitrogens is 1. The molecule has 0 saturated heterocycles. The first kappa shape index (κ1) is 12.4. The first-order valence-electron chi connectivity index (χ1n) is 7.64. The van der Waals surface area contributed by atoms with Gasteiger partial charge in [-0.2, -0.15) is 0 Å². The molecule has 1 aliphatic rings. The molecule has 3 aromatic rings. The molecule has 0 spiro atoms. The van der Waals surface area contributed by atoms with Crippen molar-refractivity contribution in [2.75, 3.05) is 0 Å². The van der Waals surface area contributed by atoms with E-state index in [-0.39, 0.29) is 0 Å². The van der Waals surface area contributed by atoms with Crippen molar-refractivity contribution in [3.63, 3.8) is 0 Å².